The van der Waals surface area contributed by atoms with Gasteiger partial charge in [-0.2, -0.15) is 0 Å². The fourth-order valence-corrected chi connectivity index (χ4v) is 3.63. The lowest BCUT2D eigenvalue weighted by Gasteiger charge is -2.42. The summed E-state index contributed by atoms with van der Waals surface area (Å²) in [6.07, 6.45) is 13.9. The van der Waals surface area contributed by atoms with Gasteiger partial charge in [0.2, 0.25) is 0 Å². The normalized spacial score (nSPS) is 24.2. The fourth-order valence-electron chi connectivity index (χ4n) is 3.63. The van der Waals surface area contributed by atoms with E-state index in [1.807, 2.05) is 0 Å². The van der Waals surface area contributed by atoms with Crippen molar-refractivity contribution in [1.82, 2.24) is 0 Å². The van der Waals surface area contributed by atoms with Crippen LogP contribution in [-0.2, 0) is 0 Å². The summed E-state index contributed by atoms with van der Waals surface area (Å²) in [5, 5.41) is 0. The molecule has 0 spiro atoms. The lowest BCUT2D eigenvalue weighted by Crippen LogP contribution is -2.46. The van der Waals surface area contributed by atoms with E-state index < -0.39 is 0 Å². The molecule has 0 aromatic carbocycles. The predicted molar refractivity (Wildman–Crippen MR) is 74.9 cm³/mol. The zero-order chi connectivity index (χ0) is 12.3. The van der Waals surface area contributed by atoms with Gasteiger partial charge in [0.05, 0.1) is 0 Å². The van der Waals surface area contributed by atoms with Gasteiger partial charge < -0.3 is 5.73 Å². The first-order valence-electron chi connectivity index (χ1n) is 7.90. The quantitative estimate of drug-likeness (QED) is 0.693. The van der Waals surface area contributed by atoms with Crippen LogP contribution in [-0.4, -0.2) is 5.54 Å². The van der Waals surface area contributed by atoms with E-state index in [0.717, 1.165) is 17.8 Å². The minimum absolute atomic E-state index is 0.172. The lowest BCUT2D eigenvalue weighted by molar-refractivity contribution is 0.143. The number of hydrogen-bond donors (Lipinski definition) is 1. The van der Waals surface area contributed by atoms with E-state index in [1.165, 1.54) is 64.2 Å². The largest absolute Gasteiger partial charge is 0.325 e. The van der Waals surface area contributed by atoms with Crippen molar-refractivity contribution in [2.75, 3.05) is 0 Å². The number of nitrogens with two attached hydrogens (primary N) is 1. The standard InChI is InChI=1S/C16H31N/c1-3-13(2)10-16(17,11-14-6-4-7-14)12-15-8-5-9-15/h13-15H,3-12,17H2,1-2H3/t13-/m0/s1. The molecule has 0 aromatic heterocycles. The molecule has 2 fully saturated rings. The molecule has 0 heterocycles. The summed E-state index contributed by atoms with van der Waals surface area (Å²) in [5.41, 5.74) is 6.97. The van der Waals surface area contributed by atoms with Crippen LogP contribution in [0.3, 0.4) is 0 Å². The van der Waals surface area contributed by atoms with E-state index in [-0.39, 0.29) is 5.54 Å². The fraction of sp³-hybridized carbons (Fsp3) is 1.00. The van der Waals surface area contributed by atoms with Crippen molar-refractivity contribution in [3.8, 4) is 0 Å². The highest BCUT2D eigenvalue weighted by molar-refractivity contribution is 4.93. The zero-order valence-electron chi connectivity index (χ0n) is 11.9. The van der Waals surface area contributed by atoms with Crippen molar-refractivity contribution in [3.63, 3.8) is 0 Å². The Bertz CT molecular complexity index is 200. The van der Waals surface area contributed by atoms with Crippen molar-refractivity contribution >= 4 is 0 Å². The van der Waals surface area contributed by atoms with Gasteiger partial charge in [-0.15, -0.1) is 0 Å². The Balaban J connectivity index is 1.87. The molecule has 100 valence electrons. The van der Waals surface area contributed by atoms with Gasteiger partial charge in [0, 0.05) is 5.54 Å². The monoisotopic (exact) mass is 237 g/mol. The summed E-state index contributed by atoms with van der Waals surface area (Å²) in [6.45, 7) is 4.68. The Morgan fingerprint density at radius 3 is 1.82 bits per heavy atom. The number of rotatable bonds is 7. The molecule has 2 rings (SSSR count). The van der Waals surface area contributed by atoms with E-state index in [4.69, 9.17) is 5.73 Å². The molecule has 1 heteroatoms. The Labute approximate surface area is 108 Å². The topological polar surface area (TPSA) is 26.0 Å². The molecule has 0 saturated heterocycles. The molecule has 17 heavy (non-hydrogen) atoms. The second-order valence-corrected chi connectivity index (χ2v) is 7.08. The van der Waals surface area contributed by atoms with Crippen molar-refractivity contribution in [1.29, 1.82) is 0 Å². The molecule has 0 unspecified atom stereocenters. The SMILES string of the molecule is CC[C@H](C)CC(N)(CC1CCC1)CC1CCC1. The molecule has 2 aliphatic rings. The molecule has 2 saturated carbocycles. The van der Waals surface area contributed by atoms with E-state index in [2.05, 4.69) is 13.8 Å². The lowest BCUT2D eigenvalue weighted by atomic mass is 9.67. The van der Waals surface area contributed by atoms with Crippen LogP contribution in [0.25, 0.3) is 0 Å². The molecule has 0 bridgehead atoms. The molecule has 0 aromatic rings. The van der Waals surface area contributed by atoms with Gasteiger partial charge in [-0.3, -0.25) is 0 Å². The highest BCUT2D eigenvalue weighted by Gasteiger charge is 2.35. The predicted octanol–water partition coefficient (Wildman–Crippen LogP) is 4.50. The van der Waals surface area contributed by atoms with E-state index in [0.29, 0.717) is 0 Å². The van der Waals surface area contributed by atoms with Crippen molar-refractivity contribution < 1.29 is 0 Å². The maximum Gasteiger partial charge on any atom is 0.0162 e. The van der Waals surface area contributed by atoms with Gasteiger partial charge in [0.25, 0.3) is 0 Å². The first-order chi connectivity index (χ1) is 8.11. The maximum atomic E-state index is 6.80. The molecular formula is C16H31N. The van der Waals surface area contributed by atoms with Crippen LogP contribution < -0.4 is 5.73 Å². The van der Waals surface area contributed by atoms with Gasteiger partial charge in [0.1, 0.15) is 0 Å². The summed E-state index contributed by atoms with van der Waals surface area (Å²) in [4.78, 5) is 0. The average Bonchev–Trinajstić information content (AvgIpc) is 2.18. The van der Waals surface area contributed by atoms with E-state index >= 15 is 0 Å². The van der Waals surface area contributed by atoms with E-state index in [1.54, 1.807) is 0 Å². The Hall–Kier alpha value is -0.0400. The van der Waals surface area contributed by atoms with Crippen LogP contribution in [0.4, 0.5) is 0 Å². The summed E-state index contributed by atoms with van der Waals surface area (Å²) in [7, 11) is 0. The molecule has 0 radical (unpaired) electrons. The highest BCUT2D eigenvalue weighted by atomic mass is 14.7. The maximum absolute atomic E-state index is 6.80. The minimum Gasteiger partial charge on any atom is -0.325 e. The smallest absolute Gasteiger partial charge is 0.0162 e. The van der Waals surface area contributed by atoms with Crippen LogP contribution in [0.15, 0.2) is 0 Å². The van der Waals surface area contributed by atoms with Crippen LogP contribution in [0, 0.1) is 17.8 Å². The highest BCUT2D eigenvalue weighted by Crippen LogP contribution is 2.41. The molecular weight excluding hydrogens is 206 g/mol. The molecule has 1 atom stereocenters. The van der Waals surface area contributed by atoms with Gasteiger partial charge in [0.15, 0.2) is 0 Å². The van der Waals surface area contributed by atoms with Gasteiger partial charge >= 0.3 is 0 Å². The minimum atomic E-state index is 0.172. The van der Waals surface area contributed by atoms with Crippen LogP contribution in [0.1, 0.15) is 78.1 Å². The molecule has 0 aliphatic heterocycles. The second kappa shape index (κ2) is 5.73. The second-order valence-electron chi connectivity index (χ2n) is 7.08. The summed E-state index contributed by atoms with van der Waals surface area (Å²) in [6, 6.07) is 0. The Morgan fingerprint density at radius 1 is 1.06 bits per heavy atom. The van der Waals surface area contributed by atoms with Crippen molar-refractivity contribution in [2.45, 2.75) is 83.6 Å². The van der Waals surface area contributed by atoms with Crippen LogP contribution in [0.2, 0.25) is 0 Å². The average molecular weight is 237 g/mol. The first-order valence-corrected chi connectivity index (χ1v) is 7.90. The van der Waals surface area contributed by atoms with E-state index in [9.17, 15) is 0 Å². The molecule has 2 aliphatic carbocycles. The first kappa shape index (κ1) is 13.4. The van der Waals surface area contributed by atoms with Crippen molar-refractivity contribution in [3.05, 3.63) is 0 Å². The van der Waals surface area contributed by atoms with Crippen molar-refractivity contribution in [2.24, 2.45) is 23.5 Å². The van der Waals surface area contributed by atoms with Crippen LogP contribution in [0.5, 0.6) is 0 Å². The summed E-state index contributed by atoms with van der Waals surface area (Å²) >= 11 is 0. The Kier molecular flexibility index (Phi) is 4.52. The third-order valence-electron chi connectivity index (χ3n) is 5.29. The van der Waals surface area contributed by atoms with Crippen LogP contribution >= 0.6 is 0 Å². The Morgan fingerprint density at radius 2 is 1.53 bits per heavy atom. The summed E-state index contributed by atoms with van der Waals surface area (Å²) < 4.78 is 0. The summed E-state index contributed by atoms with van der Waals surface area (Å²) in [5.74, 6) is 2.73. The third kappa shape index (κ3) is 3.71. The third-order valence-corrected chi connectivity index (χ3v) is 5.29. The van der Waals surface area contributed by atoms with Gasteiger partial charge in [-0.25, -0.2) is 0 Å². The van der Waals surface area contributed by atoms with Gasteiger partial charge in [-0.05, 0) is 37.0 Å². The molecule has 0 amide bonds. The van der Waals surface area contributed by atoms with Gasteiger partial charge in [-0.1, -0.05) is 58.8 Å². The number of hydrogen-bond acceptors (Lipinski definition) is 1. The molecule has 2 N–H and O–H groups in total. The zero-order valence-corrected chi connectivity index (χ0v) is 11.9. The molecule has 1 nitrogen and oxygen atoms in total.